The van der Waals surface area contributed by atoms with Gasteiger partial charge in [-0.05, 0) is 18.1 Å². The lowest BCUT2D eigenvalue weighted by Gasteiger charge is -2.05. The zero-order chi connectivity index (χ0) is 17.1. The summed E-state index contributed by atoms with van der Waals surface area (Å²) in [4.78, 5) is 19.4. The molecule has 0 atom stereocenters. The average molecular weight is 320 g/mol. The molecule has 122 valence electrons. The van der Waals surface area contributed by atoms with Crippen LogP contribution in [-0.2, 0) is 4.79 Å². The molecule has 0 aliphatic carbocycles. The van der Waals surface area contributed by atoms with Crippen LogP contribution in [0.25, 0.3) is 22.6 Å². The van der Waals surface area contributed by atoms with Gasteiger partial charge in [0.2, 0.25) is 0 Å². The first-order chi connectivity index (χ1) is 11.5. The molecule has 0 amide bonds. The molecule has 0 bridgehead atoms. The number of hydrogen-bond acceptors (Lipinski definition) is 3. The van der Waals surface area contributed by atoms with Gasteiger partial charge in [-0.2, -0.15) is 0 Å². The van der Waals surface area contributed by atoms with E-state index in [2.05, 4.69) is 31.0 Å². The molecule has 0 fully saturated rings. The minimum Gasteiger partial charge on any atom is -0.427 e. The van der Waals surface area contributed by atoms with Crippen LogP contribution in [0.1, 0.15) is 32.4 Å². The normalized spacial score (nSPS) is 10.8. The fraction of sp³-hybridized carbons (Fsp3) is 0.200. The van der Waals surface area contributed by atoms with Gasteiger partial charge in [-0.25, -0.2) is 4.98 Å². The quantitative estimate of drug-likeness (QED) is 0.555. The zero-order valence-corrected chi connectivity index (χ0v) is 14.0. The van der Waals surface area contributed by atoms with Crippen LogP contribution in [-0.4, -0.2) is 15.9 Å². The maximum absolute atomic E-state index is 11.1. The Bertz CT molecular complexity index is 851. The molecule has 3 aromatic rings. The molecule has 24 heavy (non-hydrogen) atoms. The van der Waals surface area contributed by atoms with Gasteiger partial charge in [-0.1, -0.05) is 56.3 Å². The summed E-state index contributed by atoms with van der Waals surface area (Å²) in [5.74, 6) is 1.27. The van der Waals surface area contributed by atoms with Gasteiger partial charge < -0.3 is 9.72 Å². The van der Waals surface area contributed by atoms with E-state index in [1.54, 1.807) is 6.07 Å². The molecule has 0 saturated heterocycles. The van der Waals surface area contributed by atoms with Crippen molar-refractivity contribution >= 4 is 5.97 Å². The summed E-state index contributed by atoms with van der Waals surface area (Å²) >= 11 is 0. The third kappa shape index (κ3) is 3.38. The number of H-pyrrole nitrogens is 1. The first-order valence-corrected chi connectivity index (χ1v) is 7.99. The summed E-state index contributed by atoms with van der Waals surface area (Å²) in [5, 5.41) is 0. The van der Waals surface area contributed by atoms with Crippen molar-refractivity contribution in [3.05, 3.63) is 60.3 Å². The van der Waals surface area contributed by atoms with Crippen LogP contribution in [0.4, 0.5) is 0 Å². The summed E-state index contributed by atoms with van der Waals surface area (Å²) in [5.41, 5.74) is 4.02. The predicted octanol–water partition coefficient (Wildman–Crippen LogP) is 4.79. The molecule has 0 aliphatic heterocycles. The van der Waals surface area contributed by atoms with Gasteiger partial charge >= 0.3 is 5.97 Å². The van der Waals surface area contributed by atoms with Crippen molar-refractivity contribution in [1.82, 2.24) is 9.97 Å². The molecular formula is C20H20N2O2. The molecule has 0 radical (unpaired) electrons. The zero-order valence-electron chi connectivity index (χ0n) is 14.0. The maximum atomic E-state index is 11.1. The molecule has 1 N–H and O–H groups in total. The Balaban J connectivity index is 2.05. The fourth-order valence-electron chi connectivity index (χ4n) is 2.63. The van der Waals surface area contributed by atoms with E-state index < -0.39 is 0 Å². The largest absolute Gasteiger partial charge is 0.427 e. The maximum Gasteiger partial charge on any atom is 0.308 e. The van der Waals surface area contributed by atoms with Crippen molar-refractivity contribution in [2.75, 3.05) is 0 Å². The number of nitrogens with one attached hydrogen (secondary N) is 1. The highest BCUT2D eigenvalue weighted by molar-refractivity contribution is 5.71. The lowest BCUT2D eigenvalue weighted by molar-refractivity contribution is -0.131. The Morgan fingerprint density at radius 1 is 1.04 bits per heavy atom. The van der Waals surface area contributed by atoms with Gasteiger partial charge in [-0.15, -0.1) is 0 Å². The summed E-state index contributed by atoms with van der Waals surface area (Å²) in [7, 11) is 0. The number of ether oxygens (including phenoxy) is 1. The van der Waals surface area contributed by atoms with Crippen LogP contribution in [0.5, 0.6) is 5.75 Å². The summed E-state index contributed by atoms with van der Waals surface area (Å²) in [6.45, 7) is 5.67. The molecule has 4 heteroatoms. The van der Waals surface area contributed by atoms with Crippen molar-refractivity contribution in [2.45, 2.75) is 26.7 Å². The molecule has 0 saturated carbocycles. The van der Waals surface area contributed by atoms with E-state index in [4.69, 9.17) is 9.72 Å². The van der Waals surface area contributed by atoms with Crippen molar-refractivity contribution in [3.8, 4) is 28.4 Å². The second-order valence-corrected chi connectivity index (χ2v) is 5.99. The van der Waals surface area contributed by atoms with Crippen LogP contribution in [0.15, 0.2) is 54.6 Å². The van der Waals surface area contributed by atoms with E-state index in [1.807, 2.05) is 36.4 Å². The van der Waals surface area contributed by atoms with Crippen molar-refractivity contribution < 1.29 is 9.53 Å². The summed E-state index contributed by atoms with van der Waals surface area (Å²) in [6, 6.07) is 17.5. The fourth-order valence-corrected chi connectivity index (χ4v) is 2.63. The molecule has 2 aromatic carbocycles. The molecule has 1 aromatic heterocycles. The van der Waals surface area contributed by atoms with Gasteiger partial charge in [0.05, 0.1) is 5.69 Å². The van der Waals surface area contributed by atoms with E-state index in [9.17, 15) is 4.79 Å². The van der Waals surface area contributed by atoms with Crippen molar-refractivity contribution in [2.24, 2.45) is 0 Å². The Labute approximate surface area is 141 Å². The number of carbonyl (C=O) groups excluding carboxylic acids is 1. The van der Waals surface area contributed by atoms with Gasteiger partial charge in [0.25, 0.3) is 0 Å². The van der Waals surface area contributed by atoms with E-state index in [-0.39, 0.29) is 5.97 Å². The highest BCUT2D eigenvalue weighted by Gasteiger charge is 2.16. The van der Waals surface area contributed by atoms with Crippen LogP contribution >= 0.6 is 0 Å². The van der Waals surface area contributed by atoms with E-state index >= 15 is 0 Å². The van der Waals surface area contributed by atoms with E-state index in [0.717, 1.165) is 28.3 Å². The molecule has 0 spiro atoms. The van der Waals surface area contributed by atoms with E-state index in [0.29, 0.717) is 11.7 Å². The number of nitrogens with zero attached hydrogens (tertiary/aromatic N) is 1. The van der Waals surface area contributed by atoms with Gasteiger partial charge in [-0.3, -0.25) is 4.79 Å². The number of carbonyl (C=O) groups is 1. The Morgan fingerprint density at radius 3 is 2.42 bits per heavy atom. The third-order valence-corrected chi connectivity index (χ3v) is 3.73. The second-order valence-electron chi connectivity index (χ2n) is 5.99. The van der Waals surface area contributed by atoms with Gasteiger partial charge in [0, 0.05) is 23.7 Å². The second kappa shape index (κ2) is 6.71. The monoisotopic (exact) mass is 320 g/mol. The number of aromatic amines is 1. The van der Waals surface area contributed by atoms with Crippen molar-refractivity contribution in [3.63, 3.8) is 0 Å². The molecule has 0 aliphatic rings. The Morgan fingerprint density at radius 2 is 1.75 bits per heavy atom. The van der Waals surface area contributed by atoms with Gasteiger partial charge in [0.15, 0.2) is 0 Å². The SMILES string of the molecule is CC(=O)Oc1cccc(-c2nc(-c3ccccc3)c(C(C)C)[nH]2)c1. The topological polar surface area (TPSA) is 55.0 Å². The van der Waals surface area contributed by atoms with E-state index in [1.165, 1.54) is 6.92 Å². The molecule has 1 heterocycles. The third-order valence-electron chi connectivity index (χ3n) is 3.73. The predicted molar refractivity (Wildman–Crippen MR) is 94.9 cm³/mol. The number of imidazole rings is 1. The standard InChI is InChI=1S/C20H20N2O2/c1-13(2)18-19(15-8-5-4-6-9-15)22-20(21-18)16-10-7-11-17(12-16)24-14(3)23/h4-13H,1-3H3,(H,21,22). The summed E-state index contributed by atoms with van der Waals surface area (Å²) < 4.78 is 5.16. The number of esters is 1. The summed E-state index contributed by atoms with van der Waals surface area (Å²) in [6.07, 6.45) is 0. The molecule has 0 unspecified atom stereocenters. The minimum absolute atomic E-state index is 0.318. The lowest BCUT2D eigenvalue weighted by atomic mass is 10.0. The molecule has 4 nitrogen and oxygen atoms in total. The van der Waals surface area contributed by atoms with Crippen molar-refractivity contribution in [1.29, 1.82) is 0 Å². The number of hydrogen-bond donors (Lipinski definition) is 1. The minimum atomic E-state index is -0.334. The first-order valence-electron chi connectivity index (χ1n) is 7.99. The Kier molecular flexibility index (Phi) is 4.47. The molecular weight excluding hydrogens is 300 g/mol. The van der Waals surface area contributed by atoms with Gasteiger partial charge in [0.1, 0.15) is 11.6 Å². The lowest BCUT2D eigenvalue weighted by Crippen LogP contribution is -2.01. The van der Waals surface area contributed by atoms with Crippen LogP contribution in [0, 0.1) is 0 Å². The first kappa shape index (κ1) is 16.0. The number of benzene rings is 2. The molecule has 3 rings (SSSR count). The van der Waals surface area contributed by atoms with Crippen LogP contribution < -0.4 is 4.74 Å². The smallest absolute Gasteiger partial charge is 0.308 e. The van der Waals surface area contributed by atoms with Crippen LogP contribution in [0.2, 0.25) is 0 Å². The average Bonchev–Trinajstić information content (AvgIpc) is 3.01. The number of rotatable bonds is 4. The number of aromatic nitrogens is 2. The Hall–Kier alpha value is -2.88. The highest BCUT2D eigenvalue weighted by atomic mass is 16.5. The van der Waals surface area contributed by atoms with Crippen LogP contribution in [0.3, 0.4) is 0 Å². The highest BCUT2D eigenvalue weighted by Crippen LogP contribution is 2.31.